The van der Waals surface area contributed by atoms with Gasteiger partial charge < -0.3 is 10.6 Å². The van der Waals surface area contributed by atoms with Crippen molar-refractivity contribution in [1.29, 1.82) is 0 Å². The van der Waals surface area contributed by atoms with Gasteiger partial charge in [-0.3, -0.25) is 14.8 Å². The second kappa shape index (κ2) is 8.49. The molecule has 1 aliphatic carbocycles. The van der Waals surface area contributed by atoms with E-state index in [-0.39, 0.29) is 0 Å². The van der Waals surface area contributed by atoms with Crippen molar-refractivity contribution in [3.05, 3.63) is 35.9 Å². The Hall–Kier alpha value is -1.59. The van der Waals surface area contributed by atoms with Crippen LogP contribution in [-0.2, 0) is 6.54 Å². The summed E-state index contributed by atoms with van der Waals surface area (Å²) in [4.78, 5) is 9.40. The van der Waals surface area contributed by atoms with Gasteiger partial charge in [-0.1, -0.05) is 37.3 Å². The van der Waals surface area contributed by atoms with Crippen molar-refractivity contribution in [2.75, 3.05) is 46.3 Å². The first-order valence-electron chi connectivity index (χ1n) is 9.20. The predicted octanol–water partition coefficient (Wildman–Crippen LogP) is 1.38. The van der Waals surface area contributed by atoms with E-state index in [1.54, 1.807) is 0 Å². The van der Waals surface area contributed by atoms with Gasteiger partial charge in [0.25, 0.3) is 0 Å². The Morgan fingerprint density at radius 3 is 2.42 bits per heavy atom. The Labute approximate surface area is 146 Å². The summed E-state index contributed by atoms with van der Waals surface area (Å²) in [5.74, 6) is 1.74. The van der Waals surface area contributed by atoms with E-state index in [0.29, 0.717) is 6.04 Å². The first-order chi connectivity index (χ1) is 11.7. The number of nitrogens with one attached hydrogen (secondary N) is 2. The largest absolute Gasteiger partial charge is 0.355 e. The van der Waals surface area contributed by atoms with Crippen LogP contribution in [0.3, 0.4) is 0 Å². The van der Waals surface area contributed by atoms with Crippen LogP contribution in [-0.4, -0.2) is 68.1 Å². The molecule has 3 rings (SSSR count). The van der Waals surface area contributed by atoms with Crippen LogP contribution in [0.25, 0.3) is 0 Å². The molecule has 132 valence electrons. The molecular formula is C19H31N5. The molecule has 1 aromatic carbocycles. The van der Waals surface area contributed by atoms with E-state index in [1.807, 2.05) is 7.05 Å². The zero-order valence-electron chi connectivity index (χ0n) is 15.0. The minimum atomic E-state index is 0.623. The van der Waals surface area contributed by atoms with Crippen LogP contribution in [0.4, 0.5) is 0 Å². The van der Waals surface area contributed by atoms with E-state index in [1.165, 1.54) is 12.0 Å². The SMILES string of the molecule is CN=C(NCCN1CCN(Cc2ccccc2)CC1)NC1CC1C. The zero-order valence-corrected chi connectivity index (χ0v) is 15.0. The summed E-state index contributed by atoms with van der Waals surface area (Å²) in [7, 11) is 1.85. The summed E-state index contributed by atoms with van der Waals surface area (Å²) in [5.41, 5.74) is 1.41. The van der Waals surface area contributed by atoms with Gasteiger partial charge in [0.15, 0.2) is 5.96 Å². The fraction of sp³-hybridized carbons (Fsp3) is 0.632. The Morgan fingerprint density at radius 2 is 1.79 bits per heavy atom. The highest BCUT2D eigenvalue weighted by Crippen LogP contribution is 2.28. The first-order valence-corrected chi connectivity index (χ1v) is 9.20. The molecule has 1 saturated heterocycles. The fourth-order valence-electron chi connectivity index (χ4n) is 3.24. The molecule has 0 spiro atoms. The average molecular weight is 329 g/mol. The summed E-state index contributed by atoms with van der Waals surface area (Å²) >= 11 is 0. The molecule has 1 aromatic rings. The molecule has 2 N–H and O–H groups in total. The van der Waals surface area contributed by atoms with Crippen molar-refractivity contribution in [2.45, 2.75) is 25.9 Å². The van der Waals surface area contributed by atoms with Crippen molar-refractivity contribution in [2.24, 2.45) is 10.9 Å². The lowest BCUT2D eigenvalue weighted by Crippen LogP contribution is -2.49. The molecule has 2 fully saturated rings. The summed E-state index contributed by atoms with van der Waals surface area (Å²) in [6, 6.07) is 11.4. The van der Waals surface area contributed by atoms with E-state index in [9.17, 15) is 0 Å². The molecule has 2 atom stereocenters. The summed E-state index contributed by atoms with van der Waals surface area (Å²) < 4.78 is 0. The van der Waals surface area contributed by atoms with Crippen LogP contribution in [0.15, 0.2) is 35.3 Å². The first kappa shape index (κ1) is 17.2. The minimum absolute atomic E-state index is 0.623. The standard InChI is InChI=1S/C19H31N5/c1-16-14-18(16)22-19(20-2)21-8-9-23-10-12-24(13-11-23)15-17-6-4-3-5-7-17/h3-7,16,18H,8-15H2,1-2H3,(H2,20,21,22). The third-order valence-corrected chi connectivity index (χ3v) is 5.09. The molecule has 1 heterocycles. The number of hydrogen-bond acceptors (Lipinski definition) is 3. The van der Waals surface area contributed by atoms with Gasteiger partial charge in [-0.15, -0.1) is 0 Å². The van der Waals surface area contributed by atoms with Crippen LogP contribution < -0.4 is 10.6 Å². The lowest BCUT2D eigenvalue weighted by Gasteiger charge is -2.34. The summed E-state index contributed by atoms with van der Waals surface area (Å²) in [5, 5.41) is 6.92. The smallest absolute Gasteiger partial charge is 0.191 e. The molecule has 1 aliphatic heterocycles. The van der Waals surface area contributed by atoms with Crippen LogP contribution >= 0.6 is 0 Å². The normalized spacial score (nSPS) is 25.5. The van der Waals surface area contributed by atoms with Crippen LogP contribution in [0.2, 0.25) is 0 Å². The number of piperazine rings is 1. The van der Waals surface area contributed by atoms with Crippen molar-refractivity contribution in [1.82, 2.24) is 20.4 Å². The number of rotatable bonds is 6. The van der Waals surface area contributed by atoms with Gasteiger partial charge in [0.1, 0.15) is 0 Å². The van der Waals surface area contributed by atoms with Crippen LogP contribution in [0, 0.1) is 5.92 Å². The topological polar surface area (TPSA) is 42.9 Å². The Morgan fingerprint density at radius 1 is 1.12 bits per heavy atom. The highest BCUT2D eigenvalue weighted by atomic mass is 15.3. The molecule has 2 unspecified atom stereocenters. The van der Waals surface area contributed by atoms with E-state index in [2.05, 4.69) is 62.7 Å². The number of nitrogens with zero attached hydrogens (tertiary/aromatic N) is 3. The number of guanidine groups is 1. The molecule has 0 aromatic heterocycles. The van der Waals surface area contributed by atoms with E-state index in [0.717, 1.165) is 57.7 Å². The lowest BCUT2D eigenvalue weighted by molar-refractivity contribution is 0.129. The van der Waals surface area contributed by atoms with Gasteiger partial charge in [-0.25, -0.2) is 0 Å². The minimum Gasteiger partial charge on any atom is -0.355 e. The molecule has 5 heteroatoms. The monoisotopic (exact) mass is 329 g/mol. The van der Waals surface area contributed by atoms with Crippen molar-refractivity contribution in [3.63, 3.8) is 0 Å². The Bertz CT molecular complexity index is 522. The maximum atomic E-state index is 4.31. The molecule has 1 saturated carbocycles. The Kier molecular flexibility index (Phi) is 6.10. The van der Waals surface area contributed by atoms with Crippen molar-refractivity contribution in [3.8, 4) is 0 Å². The van der Waals surface area contributed by atoms with Gasteiger partial charge in [0.2, 0.25) is 0 Å². The third-order valence-electron chi connectivity index (χ3n) is 5.09. The maximum absolute atomic E-state index is 4.31. The second-order valence-corrected chi connectivity index (χ2v) is 7.07. The van der Waals surface area contributed by atoms with Crippen LogP contribution in [0.1, 0.15) is 18.9 Å². The van der Waals surface area contributed by atoms with Crippen LogP contribution in [0.5, 0.6) is 0 Å². The van der Waals surface area contributed by atoms with Gasteiger partial charge in [-0.05, 0) is 17.9 Å². The Balaban J connectivity index is 1.31. The molecule has 2 aliphatic rings. The molecule has 0 amide bonds. The highest BCUT2D eigenvalue weighted by molar-refractivity contribution is 5.80. The fourth-order valence-corrected chi connectivity index (χ4v) is 3.24. The average Bonchev–Trinajstić information content (AvgIpc) is 3.31. The maximum Gasteiger partial charge on any atom is 0.191 e. The number of aliphatic imine (C=N–C) groups is 1. The number of hydrogen-bond donors (Lipinski definition) is 2. The lowest BCUT2D eigenvalue weighted by atomic mass is 10.2. The van der Waals surface area contributed by atoms with Gasteiger partial charge in [0, 0.05) is 58.9 Å². The van der Waals surface area contributed by atoms with Crippen molar-refractivity contribution >= 4 is 5.96 Å². The molecule has 0 bridgehead atoms. The molecule has 5 nitrogen and oxygen atoms in total. The van der Waals surface area contributed by atoms with E-state index in [4.69, 9.17) is 0 Å². The third kappa shape index (κ3) is 5.21. The summed E-state index contributed by atoms with van der Waals surface area (Å²) in [6.07, 6.45) is 1.27. The molecule has 0 radical (unpaired) electrons. The highest BCUT2D eigenvalue weighted by Gasteiger charge is 2.33. The predicted molar refractivity (Wildman–Crippen MR) is 100 cm³/mol. The second-order valence-electron chi connectivity index (χ2n) is 7.07. The summed E-state index contributed by atoms with van der Waals surface area (Å²) in [6.45, 7) is 10.0. The van der Waals surface area contributed by atoms with E-state index < -0.39 is 0 Å². The van der Waals surface area contributed by atoms with Gasteiger partial charge in [0.05, 0.1) is 0 Å². The van der Waals surface area contributed by atoms with Gasteiger partial charge in [-0.2, -0.15) is 0 Å². The van der Waals surface area contributed by atoms with Crippen molar-refractivity contribution < 1.29 is 0 Å². The zero-order chi connectivity index (χ0) is 16.8. The molecule has 24 heavy (non-hydrogen) atoms. The van der Waals surface area contributed by atoms with E-state index >= 15 is 0 Å². The van der Waals surface area contributed by atoms with Gasteiger partial charge >= 0.3 is 0 Å². The number of benzene rings is 1. The molecular weight excluding hydrogens is 298 g/mol. The quantitative estimate of drug-likeness (QED) is 0.611.